The van der Waals surface area contributed by atoms with E-state index in [0.29, 0.717) is 6.04 Å². The number of halogens is 1. The summed E-state index contributed by atoms with van der Waals surface area (Å²) < 4.78 is 0.966. The summed E-state index contributed by atoms with van der Waals surface area (Å²) in [4.78, 5) is 7.06. The van der Waals surface area contributed by atoms with Crippen LogP contribution in [0.5, 0.6) is 0 Å². The van der Waals surface area contributed by atoms with Crippen LogP contribution in [0.2, 0.25) is 0 Å². The van der Waals surface area contributed by atoms with Gasteiger partial charge in [0.25, 0.3) is 0 Å². The molecule has 94 valence electrons. The summed E-state index contributed by atoms with van der Waals surface area (Å²) in [7, 11) is 0. The number of thiazole rings is 1. The molecule has 2 unspecified atom stereocenters. The van der Waals surface area contributed by atoms with Crippen LogP contribution in [-0.4, -0.2) is 29.7 Å². The van der Waals surface area contributed by atoms with E-state index < -0.39 is 0 Å². The van der Waals surface area contributed by atoms with Crippen LogP contribution in [0.15, 0.2) is 9.98 Å². The minimum atomic E-state index is 0.678. The third kappa shape index (κ3) is 2.37. The van der Waals surface area contributed by atoms with E-state index in [2.05, 4.69) is 43.4 Å². The molecule has 3 rings (SSSR count). The fourth-order valence-electron chi connectivity index (χ4n) is 3.21. The Balaban J connectivity index is 1.77. The minimum Gasteiger partial charge on any atom is -0.345 e. The zero-order valence-corrected chi connectivity index (χ0v) is 12.4. The molecule has 2 bridgehead atoms. The van der Waals surface area contributed by atoms with Crippen molar-refractivity contribution in [3.05, 3.63) is 9.98 Å². The first kappa shape index (κ1) is 11.9. The molecule has 0 saturated carbocycles. The van der Waals surface area contributed by atoms with Gasteiger partial charge in [-0.3, -0.25) is 0 Å². The summed E-state index contributed by atoms with van der Waals surface area (Å²) in [6.45, 7) is 3.29. The van der Waals surface area contributed by atoms with Crippen LogP contribution in [0.3, 0.4) is 0 Å². The molecule has 0 radical (unpaired) electrons. The molecule has 0 amide bonds. The van der Waals surface area contributed by atoms with Gasteiger partial charge < -0.3 is 10.2 Å². The van der Waals surface area contributed by atoms with Crippen LogP contribution in [0.25, 0.3) is 0 Å². The fourth-order valence-corrected chi connectivity index (χ4v) is 4.59. The van der Waals surface area contributed by atoms with Crippen LogP contribution in [0, 0.1) is 0 Å². The van der Waals surface area contributed by atoms with Crippen molar-refractivity contribution < 1.29 is 0 Å². The number of piperidine rings is 1. The number of nitrogens with one attached hydrogen (secondary N) is 1. The third-order valence-corrected chi connectivity index (χ3v) is 5.53. The van der Waals surface area contributed by atoms with E-state index >= 15 is 0 Å². The summed E-state index contributed by atoms with van der Waals surface area (Å²) in [5.41, 5.74) is 0. The molecule has 0 spiro atoms. The SMILES string of the molecule is CCN(c1nc(Br)cs1)C1CC2CCC(C1)N2. The van der Waals surface area contributed by atoms with Crippen LogP contribution in [-0.2, 0) is 0 Å². The molecule has 3 nitrogen and oxygen atoms in total. The van der Waals surface area contributed by atoms with Gasteiger partial charge >= 0.3 is 0 Å². The van der Waals surface area contributed by atoms with E-state index in [4.69, 9.17) is 0 Å². The highest BCUT2D eigenvalue weighted by atomic mass is 79.9. The number of aromatic nitrogens is 1. The van der Waals surface area contributed by atoms with E-state index in [1.54, 1.807) is 11.3 Å². The predicted octanol–water partition coefficient (Wildman–Crippen LogP) is 3.01. The molecular formula is C12H18BrN3S. The normalized spacial score (nSPS) is 31.8. The third-order valence-electron chi connectivity index (χ3n) is 3.94. The van der Waals surface area contributed by atoms with Gasteiger partial charge in [-0.15, -0.1) is 11.3 Å². The quantitative estimate of drug-likeness (QED) is 0.929. The average molecular weight is 316 g/mol. The zero-order chi connectivity index (χ0) is 11.8. The van der Waals surface area contributed by atoms with Crippen molar-refractivity contribution in [3.8, 4) is 0 Å². The smallest absolute Gasteiger partial charge is 0.186 e. The van der Waals surface area contributed by atoms with Gasteiger partial charge in [-0.1, -0.05) is 0 Å². The van der Waals surface area contributed by atoms with Gasteiger partial charge in [0.1, 0.15) is 4.60 Å². The van der Waals surface area contributed by atoms with Crippen molar-refractivity contribution in [2.75, 3.05) is 11.4 Å². The summed E-state index contributed by atoms with van der Waals surface area (Å²) in [5.74, 6) is 0. The van der Waals surface area contributed by atoms with E-state index in [9.17, 15) is 0 Å². The zero-order valence-electron chi connectivity index (χ0n) is 10.0. The van der Waals surface area contributed by atoms with Crippen LogP contribution in [0.4, 0.5) is 5.13 Å². The van der Waals surface area contributed by atoms with Gasteiger partial charge in [-0.2, -0.15) is 0 Å². The highest BCUT2D eigenvalue weighted by molar-refractivity contribution is 9.10. The van der Waals surface area contributed by atoms with Crippen molar-refractivity contribution >= 4 is 32.4 Å². The second kappa shape index (κ2) is 4.86. The molecule has 1 aromatic rings. The van der Waals surface area contributed by atoms with E-state index in [1.165, 1.54) is 30.8 Å². The van der Waals surface area contributed by atoms with Crippen LogP contribution in [0.1, 0.15) is 32.6 Å². The summed E-state index contributed by atoms with van der Waals surface area (Å²) >= 11 is 5.20. The number of anilines is 1. The maximum absolute atomic E-state index is 4.57. The number of rotatable bonds is 3. The Hall–Kier alpha value is -0.130. The Bertz CT molecular complexity index is 383. The molecule has 0 aromatic carbocycles. The van der Waals surface area contributed by atoms with Crippen molar-refractivity contribution in [2.24, 2.45) is 0 Å². The van der Waals surface area contributed by atoms with E-state index in [-0.39, 0.29) is 0 Å². The number of fused-ring (bicyclic) bond motifs is 2. The lowest BCUT2D eigenvalue weighted by molar-refractivity contribution is 0.349. The number of hydrogen-bond acceptors (Lipinski definition) is 4. The lowest BCUT2D eigenvalue weighted by atomic mass is 9.98. The van der Waals surface area contributed by atoms with Crippen molar-refractivity contribution in [3.63, 3.8) is 0 Å². The summed E-state index contributed by atoms with van der Waals surface area (Å²) in [5, 5.41) is 6.95. The number of hydrogen-bond donors (Lipinski definition) is 1. The van der Waals surface area contributed by atoms with Gasteiger partial charge in [0.05, 0.1) is 0 Å². The second-order valence-corrected chi connectivity index (χ2v) is 6.65. The largest absolute Gasteiger partial charge is 0.345 e. The first-order valence-electron chi connectivity index (χ1n) is 6.40. The summed E-state index contributed by atoms with van der Waals surface area (Å²) in [6, 6.07) is 2.17. The molecule has 2 saturated heterocycles. The monoisotopic (exact) mass is 315 g/mol. The Morgan fingerprint density at radius 1 is 1.47 bits per heavy atom. The summed E-state index contributed by atoms with van der Waals surface area (Å²) in [6.07, 6.45) is 5.28. The van der Waals surface area contributed by atoms with Crippen molar-refractivity contribution in [1.29, 1.82) is 0 Å². The Morgan fingerprint density at radius 2 is 2.18 bits per heavy atom. The molecule has 1 N–H and O–H groups in total. The van der Waals surface area contributed by atoms with Crippen LogP contribution < -0.4 is 10.2 Å². The van der Waals surface area contributed by atoms with Gasteiger partial charge in [0.2, 0.25) is 0 Å². The van der Waals surface area contributed by atoms with Gasteiger partial charge in [-0.05, 0) is 48.5 Å². The molecule has 2 aliphatic rings. The molecule has 5 heteroatoms. The lowest BCUT2D eigenvalue weighted by Gasteiger charge is -2.37. The van der Waals surface area contributed by atoms with E-state index in [1.807, 2.05) is 0 Å². The molecule has 2 atom stereocenters. The Kier molecular flexibility index (Phi) is 3.41. The lowest BCUT2D eigenvalue weighted by Crippen LogP contribution is -2.48. The molecule has 3 heterocycles. The van der Waals surface area contributed by atoms with Crippen LogP contribution >= 0.6 is 27.3 Å². The van der Waals surface area contributed by atoms with Gasteiger partial charge in [0, 0.05) is 30.1 Å². The molecular weight excluding hydrogens is 298 g/mol. The first-order chi connectivity index (χ1) is 8.26. The molecule has 2 aliphatic heterocycles. The average Bonchev–Trinajstić information content (AvgIpc) is 2.87. The molecule has 17 heavy (non-hydrogen) atoms. The Labute approximate surface area is 115 Å². The standard InChI is InChI=1S/C12H18BrN3S/c1-2-16(12-15-11(13)7-17-12)10-5-8-3-4-9(6-10)14-8/h7-10,14H,2-6H2,1H3. The number of nitrogens with zero attached hydrogens (tertiary/aromatic N) is 2. The van der Waals surface area contributed by atoms with Crippen molar-refractivity contribution in [1.82, 2.24) is 10.3 Å². The van der Waals surface area contributed by atoms with Gasteiger partial charge in [0.15, 0.2) is 5.13 Å². The second-order valence-electron chi connectivity index (χ2n) is 5.00. The predicted molar refractivity (Wildman–Crippen MR) is 75.8 cm³/mol. The maximum atomic E-state index is 4.57. The fraction of sp³-hybridized carbons (Fsp3) is 0.750. The van der Waals surface area contributed by atoms with Gasteiger partial charge in [-0.25, -0.2) is 4.98 Å². The van der Waals surface area contributed by atoms with Crippen molar-refractivity contribution in [2.45, 2.75) is 50.7 Å². The van der Waals surface area contributed by atoms with E-state index in [0.717, 1.165) is 23.2 Å². The molecule has 0 aliphatic carbocycles. The molecule has 2 fully saturated rings. The highest BCUT2D eigenvalue weighted by Crippen LogP contribution is 2.33. The molecule has 1 aromatic heterocycles. The topological polar surface area (TPSA) is 28.2 Å². The first-order valence-corrected chi connectivity index (χ1v) is 8.07. The Morgan fingerprint density at radius 3 is 2.71 bits per heavy atom. The highest BCUT2D eigenvalue weighted by Gasteiger charge is 2.36. The minimum absolute atomic E-state index is 0.678. The maximum Gasteiger partial charge on any atom is 0.186 e.